The van der Waals surface area contributed by atoms with Gasteiger partial charge in [-0.05, 0) is 93.7 Å². The summed E-state index contributed by atoms with van der Waals surface area (Å²) in [6, 6.07) is 7.68. The van der Waals surface area contributed by atoms with Crippen molar-refractivity contribution in [1.29, 1.82) is 0 Å². The first kappa shape index (κ1) is 26.7. The van der Waals surface area contributed by atoms with Crippen LogP contribution < -0.4 is 0 Å². The molecule has 0 aliphatic heterocycles. The lowest BCUT2D eigenvalue weighted by Crippen LogP contribution is -2.49. The lowest BCUT2D eigenvalue weighted by Gasteiger charge is -2.47. The number of ether oxygens (including phenoxy) is 1. The van der Waals surface area contributed by atoms with Crippen LogP contribution in [0.5, 0.6) is 0 Å². The molecule has 3 fully saturated rings. The van der Waals surface area contributed by atoms with E-state index in [0.29, 0.717) is 30.9 Å². The Balaban J connectivity index is 1.63. The van der Waals surface area contributed by atoms with Gasteiger partial charge in [0, 0.05) is 31.5 Å². The van der Waals surface area contributed by atoms with E-state index in [9.17, 15) is 4.79 Å². The average Bonchev–Trinajstić information content (AvgIpc) is 2.87. The van der Waals surface area contributed by atoms with Gasteiger partial charge in [-0.2, -0.15) is 0 Å². The van der Waals surface area contributed by atoms with Crippen LogP contribution in [-0.4, -0.2) is 36.6 Å². The second-order valence-electron chi connectivity index (χ2n) is 12.1. The number of aryl methyl sites for hydroxylation is 2. The highest BCUT2D eigenvalue weighted by Gasteiger charge is 2.40. The average molecular weight is 482 g/mol. The molecule has 0 aromatic heterocycles. The molecular formula is C32H51NO2. The second-order valence-corrected chi connectivity index (χ2v) is 12.1. The lowest BCUT2D eigenvalue weighted by molar-refractivity contribution is -0.145. The molecule has 3 aliphatic carbocycles. The molecule has 0 bridgehead atoms. The third-order valence-corrected chi connectivity index (χ3v) is 9.55. The topological polar surface area (TPSA) is 29.5 Å². The van der Waals surface area contributed by atoms with E-state index in [4.69, 9.17) is 4.74 Å². The molecule has 1 aromatic rings. The van der Waals surface area contributed by atoms with Crippen molar-refractivity contribution in [3.8, 4) is 0 Å². The fourth-order valence-corrected chi connectivity index (χ4v) is 7.55. The molecule has 3 atom stereocenters. The summed E-state index contributed by atoms with van der Waals surface area (Å²) in [5.41, 5.74) is 4.21. The maximum absolute atomic E-state index is 12.7. The van der Waals surface area contributed by atoms with Crippen LogP contribution in [0.4, 0.5) is 0 Å². The van der Waals surface area contributed by atoms with Crippen molar-refractivity contribution in [1.82, 2.24) is 4.90 Å². The Labute approximate surface area is 215 Å². The SMILES string of the molecule is CCOC(=O)CC1CCCC(N(CC2CCCCC2)CC2CCCCC2)C1c1ccc(C)c(C)c1. The van der Waals surface area contributed by atoms with Crippen LogP contribution in [0.1, 0.15) is 119 Å². The smallest absolute Gasteiger partial charge is 0.306 e. The standard InChI is InChI=1S/C32H51NO2/c1-4-35-31(34)21-28-16-11-17-30(32(28)29-19-18-24(2)25(3)20-29)33(22-26-12-7-5-8-13-26)23-27-14-9-6-10-15-27/h18-20,26-28,30,32H,4-17,21-23H2,1-3H3. The van der Waals surface area contributed by atoms with Gasteiger partial charge in [-0.3, -0.25) is 9.69 Å². The van der Waals surface area contributed by atoms with Gasteiger partial charge in [0.1, 0.15) is 0 Å². The molecule has 35 heavy (non-hydrogen) atoms. The van der Waals surface area contributed by atoms with Crippen LogP contribution in [-0.2, 0) is 9.53 Å². The van der Waals surface area contributed by atoms with Gasteiger partial charge in [0.15, 0.2) is 0 Å². The van der Waals surface area contributed by atoms with E-state index < -0.39 is 0 Å². The number of rotatable bonds is 9. The van der Waals surface area contributed by atoms with E-state index in [1.165, 1.54) is 107 Å². The summed E-state index contributed by atoms with van der Waals surface area (Å²) in [5.74, 6) is 2.53. The van der Waals surface area contributed by atoms with Crippen molar-refractivity contribution in [2.24, 2.45) is 17.8 Å². The molecule has 4 rings (SSSR count). The number of carbonyl (C=O) groups excluding carboxylic acids is 1. The summed E-state index contributed by atoms with van der Waals surface area (Å²) in [5, 5.41) is 0. The Morgan fingerprint density at radius 2 is 1.46 bits per heavy atom. The van der Waals surface area contributed by atoms with Crippen molar-refractivity contribution in [2.45, 2.75) is 123 Å². The molecule has 0 heterocycles. The number of carbonyl (C=O) groups is 1. The summed E-state index contributed by atoms with van der Waals surface area (Å²) < 4.78 is 5.46. The molecule has 196 valence electrons. The molecule has 0 amide bonds. The highest BCUT2D eigenvalue weighted by molar-refractivity contribution is 5.69. The monoisotopic (exact) mass is 481 g/mol. The second kappa shape index (κ2) is 13.3. The fraction of sp³-hybridized carbons (Fsp3) is 0.781. The zero-order valence-corrected chi connectivity index (χ0v) is 22.9. The summed E-state index contributed by atoms with van der Waals surface area (Å²) in [6.07, 6.45) is 18.4. The first-order chi connectivity index (χ1) is 17.0. The molecule has 3 saturated carbocycles. The molecule has 3 heteroatoms. The van der Waals surface area contributed by atoms with Crippen molar-refractivity contribution in [3.05, 3.63) is 34.9 Å². The van der Waals surface area contributed by atoms with Crippen LogP contribution in [0.25, 0.3) is 0 Å². The minimum atomic E-state index is -0.00176. The minimum Gasteiger partial charge on any atom is -0.466 e. The maximum Gasteiger partial charge on any atom is 0.306 e. The molecular weight excluding hydrogens is 430 g/mol. The van der Waals surface area contributed by atoms with E-state index in [-0.39, 0.29) is 5.97 Å². The number of hydrogen-bond donors (Lipinski definition) is 0. The van der Waals surface area contributed by atoms with Crippen molar-refractivity contribution in [3.63, 3.8) is 0 Å². The summed E-state index contributed by atoms with van der Waals surface area (Å²) in [4.78, 5) is 15.6. The van der Waals surface area contributed by atoms with Gasteiger partial charge >= 0.3 is 5.97 Å². The van der Waals surface area contributed by atoms with E-state index in [2.05, 4.69) is 36.9 Å². The minimum absolute atomic E-state index is 0.00176. The third kappa shape index (κ3) is 7.34. The molecule has 1 aromatic carbocycles. The highest BCUT2D eigenvalue weighted by Crippen LogP contribution is 2.44. The summed E-state index contributed by atoms with van der Waals surface area (Å²) in [6.45, 7) is 9.42. The quantitative estimate of drug-likeness (QED) is 0.335. The van der Waals surface area contributed by atoms with Gasteiger partial charge in [0.05, 0.1) is 6.61 Å². The first-order valence-corrected chi connectivity index (χ1v) is 15.0. The van der Waals surface area contributed by atoms with Crippen LogP contribution in [0.3, 0.4) is 0 Å². The van der Waals surface area contributed by atoms with Crippen molar-refractivity contribution in [2.75, 3.05) is 19.7 Å². The predicted octanol–water partition coefficient (Wildman–Crippen LogP) is 7.97. The van der Waals surface area contributed by atoms with Crippen LogP contribution in [0.2, 0.25) is 0 Å². The van der Waals surface area contributed by atoms with Crippen molar-refractivity contribution < 1.29 is 9.53 Å². The first-order valence-electron chi connectivity index (χ1n) is 15.0. The third-order valence-electron chi connectivity index (χ3n) is 9.55. The molecule has 0 radical (unpaired) electrons. The van der Waals surface area contributed by atoms with Gasteiger partial charge in [-0.15, -0.1) is 0 Å². The lowest BCUT2D eigenvalue weighted by atomic mass is 9.69. The normalized spacial score (nSPS) is 26.7. The molecule has 3 unspecified atom stereocenters. The summed E-state index contributed by atoms with van der Waals surface area (Å²) >= 11 is 0. The Bertz CT molecular complexity index is 773. The maximum atomic E-state index is 12.7. The Morgan fingerprint density at radius 1 is 0.829 bits per heavy atom. The zero-order chi connectivity index (χ0) is 24.6. The number of benzene rings is 1. The fourth-order valence-electron chi connectivity index (χ4n) is 7.55. The van der Waals surface area contributed by atoms with Gasteiger partial charge in [-0.25, -0.2) is 0 Å². The Hall–Kier alpha value is -1.35. The Kier molecular flexibility index (Phi) is 10.1. The molecule has 0 N–H and O–H groups in total. The zero-order valence-electron chi connectivity index (χ0n) is 22.9. The highest BCUT2D eigenvalue weighted by atomic mass is 16.5. The number of esters is 1. The number of nitrogens with zero attached hydrogens (tertiary/aromatic N) is 1. The van der Waals surface area contributed by atoms with Gasteiger partial charge in [0.2, 0.25) is 0 Å². The molecule has 3 nitrogen and oxygen atoms in total. The van der Waals surface area contributed by atoms with Crippen molar-refractivity contribution >= 4 is 5.97 Å². The van der Waals surface area contributed by atoms with E-state index >= 15 is 0 Å². The largest absolute Gasteiger partial charge is 0.466 e. The predicted molar refractivity (Wildman–Crippen MR) is 146 cm³/mol. The van der Waals surface area contributed by atoms with Crippen LogP contribution in [0.15, 0.2) is 18.2 Å². The Morgan fingerprint density at radius 3 is 2.03 bits per heavy atom. The van der Waals surface area contributed by atoms with E-state index in [1.54, 1.807) is 0 Å². The van der Waals surface area contributed by atoms with Gasteiger partial charge in [0.25, 0.3) is 0 Å². The number of hydrogen-bond acceptors (Lipinski definition) is 3. The van der Waals surface area contributed by atoms with Gasteiger partial charge < -0.3 is 4.74 Å². The molecule has 0 spiro atoms. The van der Waals surface area contributed by atoms with Crippen LogP contribution >= 0.6 is 0 Å². The van der Waals surface area contributed by atoms with E-state index in [0.717, 1.165) is 18.3 Å². The summed E-state index contributed by atoms with van der Waals surface area (Å²) in [7, 11) is 0. The van der Waals surface area contributed by atoms with Crippen LogP contribution in [0, 0.1) is 31.6 Å². The molecule has 0 saturated heterocycles. The van der Waals surface area contributed by atoms with E-state index in [1.807, 2.05) is 6.92 Å². The molecule has 3 aliphatic rings. The van der Waals surface area contributed by atoms with Gasteiger partial charge in [-0.1, -0.05) is 63.1 Å².